The fourth-order valence-electron chi connectivity index (χ4n) is 3.10. The third-order valence-electron chi connectivity index (χ3n) is 4.81. The first kappa shape index (κ1) is 18.8. The molecule has 1 aliphatic heterocycles. The normalized spacial score (nSPS) is 14.7. The fourth-order valence-corrected chi connectivity index (χ4v) is 4.62. The highest BCUT2D eigenvalue weighted by Crippen LogP contribution is 2.26. The maximum absolute atomic E-state index is 12.8. The van der Waals surface area contributed by atoms with E-state index in [0.717, 1.165) is 18.4 Å². The van der Waals surface area contributed by atoms with Gasteiger partial charge in [0, 0.05) is 30.9 Å². The average Bonchev–Trinajstić information content (AvgIpc) is 3.20. The van der Waals surface area contributed by atoms with Crippen LogP contribution in [0.1, 0.15) is 34.6 Å². The van der Waals surface area contributed by atoms with Crippen LogP contribution in [0, 0.1) is 13.8 Å². The van der Waals surface area contributed by atoms with E-state index in [1.807, 2.05) is 6.92 Å². The van der Waals surface area contributed by atoms with Gasteiger partial charge in [-0.25, -0.2) is 8.42 Å². The van der Waals surface area contributed by atoms with Crippen molar-refractivity contribution in [1.29, 1.82) is 0 Å². The van der Waals surface area contributed by atoms with Crippen molar-refractivity contribution >= 4 is 33.2 Å². The molecule has 6 nitrogen and oxygen atoms in total. The SMILES string of the molecule is Cc1ccc(NS(=O)(=O)c2cc(C(=O)N3CCCC3)n(C)c2C)cc1Cl. The maximum atomic E-state index is 12.8. The van der Waals surface area contributed by atoms with Crippen molar-refractivity contribution < 1.29 is 13.2 Å². The van der Waals surface area contributed by atoms with Gasteiger partial charge in [-0.2, -0.15) is 0 Å². The molecular weight excluding hydrogens is 374 g/mol. The lowest BCUT2D eigenvalue weighted by molar-refractivity contribution is 0.0783. The molecule has 8 heteroatoms. The number of likely N-dealkylation sites (tertiary alicyclic amines) is 1. The molecule has 0 radical (unpaired) electrons. The zero-order chi connectivity index (χ0) is 19.1. The first-order valence-electron chi connectivity index (χ1n) is 8.45. The molecule has 2 heterocycles. The molecule has 1 N–H and O–H groups in total. The van der Waals surface area contributed by atoms with Crippen molar-refractivity contribution in [2.75, 3.05) is 17.8 Å². The van der Waals surface area contributed by atoms with Crippen molar-refractivity contribution in [3.05, 3.63) is 46.2 Å². The summed E-state index contributed by atoms with van der Waals surface area (Å²) in [6, 6.07) is 6.44. The molecule has 0 unspecified atom stereocenters. The number of carbonyl (C=O) groups is 1. The average molecular weight is 396 g/mol. The topological polar surface area (TPSA) is 71.4 Å². The number of nitrogens with zero attached hydrogens (tertiary/aromatic N) is 2. The van der Waals surface area contributed by atoms with E-state index in [4.69, 9.17) is 11.6 Å². The number of benzene rings is 1. The molecule has 0 saturated carbocycles. The maximum Gasteiger partial charge on any atom is 0.270 e. The van der Waals surface area contributed by atoms with E-state index >= 15 is 0 Å². The van der Waals surface area contributed by atoms with Gasteiger partial charge in [0.2, 0.25) is 0 Å². The van der Waals surface area contributed by atoms with Crippen LogP contribution in [0.2, 0.25) is 5.02 Å². The van der Waals surface area contributed by atoms with Crippen LogP contribution < -0.4 is 4.72 Å². The highest BCUT2D eigenvalue weighted by Gasteiger charge is 2.28. The third-order valence-corrected chi connectivity index (χ3v) is 6.72. The second-order valence-electron chi connectivity index (χ2n) is 6.61. The Hall–Kier alpha value is -1.99. The van der Waals surface area contributed by atoms with Crippen LogP contribution in [-0.4, -0.2) is 36.9 Å². The van der Waals surface area contributed by atoms with Crippen LogP contribution in [0.5, 0.6) is 0 Å². The summed E-state index contributed by atoms with van der Waals surface area (Å²) in [7, 11) is -2.12. The summed E-state index contributed by atoms with van der Waals surface area (Å²) in [6.45, 7) is 4.96. The quantitative estimate of drug-likeness (QED) is 0.863. The van der Waals surface area contributed by atoms with Crippen LogP contribution in [-0.2, 0) is 17.1 Å². The number of aryl methyl sites for hydroxylation is 1. The molecule has 1 aliphatic rings. The van der Waals surface area contributed by atoms with E-state index in [2.05, 4.69) is 4.72 Å². The summed E-state index contributed by atoms with van der Waals surface area (Å²) in [4.78, 5) is 14.5. The van der Waals surface area contributed by atoms with Gasteiger partial charge in [0.15, 0.2) is 0 Å². The predicted molar refractivity (Wildman–Crippen MR) is 102 cm³/mol. The Kier molecular flexibility index (Phi) is 5.03. The van der Waals surface area contributed by atoms with Gasteiger partial charge in [0.25, 0.3) is 15.9 Å². The van der Waals surface area contributed by atoms with Crippen LogP contribution in [0.4, 0.5) is 5.69 Å². The van der Waals surface area contributed by atoms with Crippen LogP contribution in [0.25, 0.3) is 0 Å². The first-order chi connectivity index (χ1) is 12.2. The molecule has 140 valence electrons. The number of halogens is 1. The molecule has 1 aromatic carbocycles. The highest BCUT2D eigenvalue weighted by atomic mass is 35.5. The summed E-state index contributed by atoms with van der Waals surface area (Å²) in [5.74, 6) is -0.132. The Morgan fingerprint density at radius 2 is 1.81 bits per heavy atom. The number of amides is 1. The van der Waals surface area contributed by atoms with Gasteiger partial charge in [-0.15, -0.1) is 0 Å². The summed E-state index contributed by atoms with van der Waals surface area (Å²) in [5, 5.41) is 0.486. The van der Waals surface area contributed by atoms with Crippen LogP contribution >= 0.6 is 11.6 Å². The molecule has 0 bridgehead atoms. The van der Waals surface area contributed by atoms with Crippen molar-refractivity contribution in [3.8, 4) is 0 Å². The summed E-state index contributed by atoms with van der Waals surface area (Å²) in [5.41, 5.74) is 2.14. The number of sulfonamides is 1. The summed E-state index contributed by atoms with van der Waals surface area (Å²) >= 11 is 6.07. The Labute approximate surface area is 158 Å². The van der Waals surface area contributed by atoms with Crippen molar-refractivity contribution in [2.24, 2.45) is 7.05 Å². The van der Waals surface area contributed by atoms with E-state index in [-0.39, 0.29) is 10.8 Å². The Balaban J connectivity index is 1.93. The second-order valence-corrected chi connectivity index (χ2v) is 8.67. The van der Waals surface area contributed by atoms with Gasteiger partial charge < -0.3 is 9.47 Å². The highest BCUT2D eigenvalue weighted by molar-refractivity contribution is 7.92. The van der Waals surface area contributed by atoms with Gasteiger partial charge in [-0.1, -0.05) is 17.7 Å². The largest absolute Gasteiger partial charge is 0.343 e. The fraction of sp³-hybridized carbons (Fsp3) is 0.389. The summed E-state index contributed by atoms with van der Waals surface area (Å²) in [6.07, 6.45) is 1.96. The molecule has 0 atom stereocenters. The number of nitrogens with one attached hydrogen (secondary N) is 1. The molecule has 26 heavy (non-hydrogen) atoms. The monoisotopic (exact) mass is 395 g/mol. The van der Waals surface area contributed by atoms with Gasteiger partial charge in [0.1, 0.15) is 10.6 Å². The van der Waals surface area contributed by atoms with E-state index in [9.17, 15) is 13.2 Å². The number of aromatic nitrogens is 1. The Bertz CT molecular complexity index is 960. The van der Waals surface area contributed by atoms with Gasteiger partial charge in [-0.3, -0.25) is 9.52 Å². The van der Waals surface area contributed by atoms with Crippen LogP contribution in [0.3, 0.4) is 0 Å². The minimum atomic E-state index is -3.83. The van der Waals surface area contributed by atoms with E-state index in [1.165, 1.54) is 6.07 Å². The van der Waals surface area contributed by atoms with Crippen LogP contribution in [0.15, 0.2) is 29.2 Å². The molecule has 1 fully saturated rings. The Morgan fingerprint density at radius 1 is 1.15 bits per heavy atom. The number of hydrogen-bond donors (Lipinski definition) is 1. The minimum absolute atomic E-state index is 0.0965. The third kappa shape index (κ3) is 3.46. The molecule has 1 aromatic heterocycles. The lowest BCUT2D eigenvalue weighted by atomic mass is 10.2. The molecular formula is C18H22ClN3O3S. The van der Waals surface area contributed by atoms with Crippen molar-refractivity contribution in [3.63, 3.8) is 0 Å². The van der Waals surface area contributed by atoms with Crippen molar-refractivity contribution in [1.82, 2.24) is 9.47 Å². The van der Waals surface area contributed by atoms with E-state index in [1.54, 1.807) is 41.6 Å². The number of rotatable bonds is 4. The van der Waals surface area contributed by atoms with Gasteiger partial charge >= 0.3 is 0 Å². The Morgan fingerprint density at radius 3 is 2.42 bits per heavy atom. The zero-order valence-electron chi connectivity index (χ0n) is 15.0. The lowest BCUT2D eigenvalue weighted by Crippen LogP contribution is -2.29. The molecule has 3 rings (SSSR count). The number of anilines is 1. The second kappa shape index (κ2) is 6.96. The molecule has 2 aromatic rings. The predicted octanol–water partition coefficient (Wildman–Crippen LogP) is 3.33. The van der Waals surface area contributed by atoms with E-state index < -0.39 is 10.0 Å². The molecule has 0 spiro atoms. The summed E-state index contributed by atoms with van der Waals surface area (Å²) < 4.78 is 29.8. The lowest BCUT2D eigenvalue weighted by Gasteiger charge is -2.15. The number of hydrogen-bond acceptors (Lipinski definition) is 3. The first-order valence-corrected chi connectivity index (χ1v) is 10.3. The molecule has 1 amide bonds. The standard InChI is InChI=1S/C18H22ClN3O3S/c1-12-6-7-14(10-15(12)19)20-26(24,25)17-11-16(21(3)13(17)2)18(23)22-8-4-5-9-22/h6-7,10-11,20H,4-5,8-9H2,1-3H3. The smallest absolute Gasteiger partial charge is 0.270 e. The molecule has 0 aliphatic carbocycles. The van der Waals surface area contributed by atoms with Gasteiger partial charge in [0.05, 0.1) is 5.69 Å². The van der Waals surface area contributed by atoms with Crippen molar-refractivity contribution in [2.45, 2.75) is 31.6 Å². The zero-order valence-corrected chi connectivity index (χ0v) is 16.6. The molecule has 1 saturated heterocycles. The number of carbonyl (C=O) groups excluding carboxylic acids is 1. The minimum Gasteiger partial charge on any atom is -0.343 e. The van der Waals surface area contributed by atoms with E-state index in [0.29, 0.717) is 35.2 Å². The van der Waals surface area contributed by atoms with Gasteiger partial charge in [-0.05, 0) is 50.5 Å².